The standard InChI is InChI=1S/C17H16N4O6S/c1-11-2-4-14(5-3-11)28(24,25)20-16-15(6-13(7-18-16)21(22)23)17(19-20)27-10-12-8-26-9-12/h2-7,12H,8-10H2,1H3. The fraction of sp³-hybridized carbons (Fsp3) is 0.294. The van der Waals surface area contributed by atoms with Crippen molar-refractivity contribution in [3.63, 3.8) is 0 Å². The molecule has 0 unspecified atom stereocenters. The molecule has 3 heterocycles. The highest BCUT2D eigenvalue weighted by molar-refractivity contribution is 7.90. The van der Waals surface area contributed by atoms with E-state index in [0.717, 1.165) is 15.8 Å². The summed E-state index contributed by atoms with van der Waals surface area (Å²) in [6.45, 7) is 3.19. The maximum absolute atomic E-state index is 13.0. The van der Waals surface area contributed by atoms with Gasteiger partial charge in [-0.05, 0) is 19.1 Å². The fourth-order valence-electron chi connectivity index (χ4n) is 2.70. The minimum atomic E-state index is -4.06. The second-order valence-electron chi connectivity index (χ2n) is 6.50. The Balaban J connectivity index is 1.83. The van der Waals surface area contributed by atoms with Crippen LogP contribution in [0.1, 0.15) is 5.56 Å². The largest absolute Gasteiger partial charge is 0.476 e. The van der Waals surface area contributed by atoms with Gasteiger partial charge >= 0.3 is 0 Å². The number of hydrogen-bond acceptors (Lipinski definition) is 8. The molecule has 28 heavy (non-hydrogen) atoms. The molecule has 2 aromatic heterocycles. The Labute approximate surface area is 159 Å². The van der Waals surface area contributed by atoms with Crippen LogP contribution in [0.25, 0.3) is 11.0 Å². The number of hydrogen-bond donors (Lipinski definition) is 0. The Bertz CT molecular complexity index is 1150. The van der Waals surface area contributed by atoms with Crippen LogP contribution in [0.15, 0.2) is 41.4 Å². The number of aromatic nitrogens is 3. The molecule has 1 aromatic carbocycles. The van der Waals surface area contributed by atoms with Crippen LogP contribution in [-0.2, 0) is 14.8 Å². The zero-order valence-corrected chi connectivity index (χ0v) is 15.6. The van der Waals surface area contributed by atoms with E-state index < -0.39 is 14.9 Å². The van der Waals surface area contributed by atoms with E-state index in [0.29, 0.717) is 13.2 Å². The molecule has 0 radical (unpaired) electrons. The van der Waals surface area contributed by atoms with Crippen LogP contribution in [0.2, 0.25) is 0 Å². The zero-order valence-electron chi connectivity index (χ0n) is 14.8. The summed E-state index contributed by atoms with van der Waals surface area (Å²) < 4.78 is 37.6. The summed E-state index contributed by atoms with van der Waals surface area (Å²) in [5.74, 6) is 0.148. The maximum Gasteiger partial charge on any atom is 0.288 e. The van der Waals surface area contributed by atoms with Crippen LogP contribution in [0, 0.1) is 23.0 Å². The monoisotopic (exact) mass is 404 g/mol. The van der Waals surface area contributed by atoms with Crippen LogP contribution in [0.3, 0.4) is 0 Å². The van der Waals surface area contributed by atoms with Gasteiger partial charge in [-0.1, -0.05) is 17.7 Å². The van der Waals surface area contributed by atoms with E-state index in [2.05, 4.69) is 10.1 Å². The van der Waals surface area contributed by atoms with E-state index in [9.17, 15) is 18.5 Å². The number of nitrogens with zero attached hydrogens (tertiary/aromatic N) is 4. The quantitative estimate of drug-likeness (QED) is 0.450. The molecule has 0 atom stereocenters. The highest BCUT2D eigenvalue weighted by Gasteiger charge is 2.27. The van der Waals surface area contributed by atoms with E-state index in [4.69, 9.17) is 9.47 Å². The summed E-state index contributed by atoms with van der Waals surface area (Å²) in [4.78, 5) is 14.5. The van der Waals surface area contributed by atoms with Gasteiger partial charge in [0.1, 0.15) is 6.20 Å². The molecule has 1 aliphatic rings. The van der Waals surface area contributed by atoms with Crippen molar-refractivity contribution in [2.24, 2.45) is 5.92 Å². The van der Waals surface area contributed by atoms with Crippen molar-refractivity contribution in [1.29, 1.82) is 0 Å². The molecule has 1 fully saturated rings. The van der Waals surface area contributed by atoms with Crippen LogP contribution in [0.5, 0.6) is 5.88 Å². The first kappa shape index (κ1) is 18.3. The normalized spacial score (nSPS) is 14.8. The van der Waals surface area contributed by atoms with Gasteiger partial charge in [-0.2, -0.15) is 8.42 Å². The molecular weight excluding hydrogens is 388 g/mol. The molecule has 0 N–H and O–H groups in total. The average Bonchev–Trinajstić information content (AvgIpc) is 2.99. The summed E-state index contributed by atoms with van der Waals surface area (Å²) in [6, 6.07) is 7.49. The number of ether oxygens (including phenoxy) is 2. The van der Waals surface area contributed by atoms with Gasteiger partial charge in [-0.3, -0.25) is 10.1 Å². The van der Waals surface area contributed by atoms with Gasteiger partial charge in [0, 0.05) is 12.0 Å². The molecule has 0 aliphatic carbocycles. The van der Waals surface area contributed by atoms with Gasteiger partial charge in [0.05, 0.1) is 35.0 Å². The van der Waals surface area contributed by atoms with Gasteiger partial charge in [0.25, 0.3) is 15.7 Å². The molecule has 4 rings (SSSR count). The zero-order chi connectivity index (χ0) is 19.9. The minimum absolute atomic E-state index is 0.0196. The van der Waals surface area contributed by atoms with Crippen molar-refractivity contribution in [3.8, 4) is 5.88 Å². The number of benzene rings is 1. The molecule has 11 heteroatoms. The summed E-state index contributed by atoms with van der Waals surface area (Å²) in [7, 11) is -4.06. The topological polar surface area (TPSA) is 126 Å². The van der Waals surface area contributed by atoms with E-state index >= 15 is 0 Å². The molecule has 146 valence electrons. The third-order valence-corrected chi connectivity index (χ3v) is 5.94. The molecule has 0 amide bonds. The Morgan fingerprint density at radius 2 is 2.04 bits per heavy atom. The van der Waals surface area contributed by atoms with Crippen molar-refractivity contribution >= 4 is 26.7 Å². The van der Waals surface area contributed by atoms with Crippen LogP contribution < -0.4 is 4.74 Å². The lowest BCUT2D eigenvalue weighted by Crippen LogP contribution is -2.32. The molecule has 3 aromatic rings. The Hall–Kier alpha value is -3.05. The van der Waals surface area contributed by atoms with E-state index in [1.807, 2.05) is 6.92 Å². The highest BCUT2D eigenvalue weighted by Crippen LogP contribution is 2.30. The van der Waals surface area contributed by atoms with Gasteiger partial charge in [-0.15, -0.1) is 9.19 Å². The second kappa shape index (κ2) is 6.84. The number of aryl methyl sites for hydroxylation is 1. The van der Waals surface area contributed by atoms with E-state index in [-0.39, 0.29) is 40.0 Å². The van der Waals surface area contributed by atoms with Crippen molar-refractivity contribution in [2.75, 3.05) is 19.8 Å². The molecule has 10 nitrogen and oxygen atoms in total. The number of fused-ring (bicyclic) bond motifs is 1. The molecule has 1 aliphatic heterocycles. The van der Waals surface area contributed by atoms with Crippen LogP contribution in [-0.4, -0.2) is 47.3 Å². The first-order valence-electron chi connectivity index (χ1n) is 8.42. The lowest BCUT2D eigenvalue weighted by atomic mass is 10.1. The molecule has 0 bridgehead atoms. The predicted molar refractivity (Wildman–Crippen MR) is 97.7 cm³/mol. The Morgan fingerprint density at radius 1 is 1.32 bits per heavy atom. The smallest absolute Gasteiger partial charge is 0.288 e. The average molecular weight is 404 g/mol. The molecular formula is C17H16N4O6S. The Morgan fingerprint density at radius 3 is 2.64 bits per heavy atom. The summed E-state index contributed by atoms with van der Waals surface area (Å²) in [5, 5.41) is 15.3. The number of rotatable bonds is 6. The van der Waals surface area contributed by atoms with Gasteiger partial charge in [0.15, 0.2) is 5.65 Å². The molecule has 0 spiro atoms. The van der Waals surface area contributed by atoms with E-state index in [1.165, 1.54) is 18.2 Å². The maximum atomic E-state index is 13.0. The van der Waals surface area contributed by atoms with Crippen LogP contribution >= 0.6 is 0 Å². The van der Waals surface area contributed by atoms with Crippen molar-refractivity contribution in [1.82, 2.24) is 14.2 Å². The van der Waals surface area contributed by atoms with Crippen LogP contribution in [0.4, 0.5) is 5.69 Å². The first-order valence-corrected chi connectivity index (χ1v) is 9.86. The third kappa shape index (κ3) is 3.18. The predicted octanol–water partition coefficient (Wildman–Crippen LogP) is 1.91. The van der Waals surface area contributed by atoms with Gasteiger partial charge < -0.3 is 9.47 Å². The van der Waals surface area contributed by atoms with Crippen molar-refractivity contribution < 1.29 is 22.8 Å². The fourth-order valence-corrected chi connectivity index (χ4v) is 3.94. The SMILES string of the molecule is Cc1ccc(S(=O)(=O)n2nc(OCC3COC3)c3cc([N+](=O)[O-])cnc32)cc1. The van der Waals surface area contributed by atoms with E-state index in [1.54, 1.807) is 12.1 Å². The lowest BCUT2D eigenvalue weighted by molar-refractivity contribution is -0.385. The van der Waals surface area contributed by atoms with Crippen molar-refractivity contribution in [3.05, 3.63) is 52.2 Å². The summed E-state index contributed by atoms with van der Waals surface area (Å²) in [5.41, 5.74) is 0.590. The van der Waals surface area contributed by atoms with Gasteiger partial charge in [-0.25, -0.2) is 4.98 Å². The third-order valence-electron chi connectivity index (χ3n) is 4.37. The van der Waals surface area contributed by atoms with Gasteiger partial charge in [0.2, 0.25) is 5.88 Å². The number of pyridine rings is 1. The first-order chi connectivity index (χ1) is 13.4. The highest BCUT2D eigenvalue weighted by atomic mass is 32.2. The molecule has 0 saturated carbocycles. The van der Waals surface area contributed by atoms with Crippen molar-refractivity contribution in [2.45, 2.75) is 11.8 Å². The lowest BCUT2D eigenvalue weighted by Gasteiger charge is -2.25. The second-order valence-corrected chi connectivity index (χ2v) is 8.27. The number of nitro groups is 1. The molecule has 1 saturated heterocycles. The summed E-state index contributed by atoms with van der Waals surface area (Å²) >= 11 is 0. The summed E-state index contributed by atoms with van der Waals surface area (Å²) in [6.07, 6.45) is 0.995. The Kier molecular flexibility index (Phi) is 4.47. The minimum Gasteiger partial charge on any atom is -0.476 e.